The van der Waals surface area contributed by atoms with Crippen LogP contribution in [0.2, 0.25) is 0 Å². The Morgan fingerprint density at radius 3 is 1.86 bits per heavy atom. The average Bonchev–Trinajstić information content (AvgIpc) is 2.56. The third-order valence-electron chi connectivity index (χ3n) is 4.43. The number of rotatable bonds is 7. The van der Waals surface area contributed by atoms with Gasteiger partial charge in [0.25, 0.3) is 0 Å². The Morgan fingerprint density at radius 2 is 1.36 bits per heavy atom. The second kappa shape index (κ2) is 8.09. The van der Waals surface area contributed by atoms with Crippen LogP contribution in [-0.4, -0.2) is 24.5 Å². The van der Waals surface area contributed by atoms with Gasteiger partial charge in [-0.2, -0.15) is 0 Å². The summed E-state index contributed by atoms with van der Waals surface area (Å²) in [6.07, 6.45) is 1.18. The van der Waals surface area contributed by atoms with E-state index in [1.165, 1.54) is 24.1 Å². The molecular weight excluding hydrogens is 273 g/mol. The minimum Gasteiger partial charge on any atom is -0.304 e. The van der Waals surface area contributed by atoms with Crippen molar-refractivity contribution in [2.45, 2.75) is 33.1 Å². The lowest BCUT2D eigenvalue weighted by molar-refractivity contribution is 0.292. The van der Waals surface area contributed by atoms with E-state index in [2.05, 4.69) is 49.9 Å². The van der Waals surface area contributed by atoms with Crippen molar-refractivity contribution in [3.63, 3.8) is 0 Å². The number of halogens is 1. The van der Waals surface area contributed by atoms with Crippen LogP contribution in [0.5, 0.6) is 0 Å². The van der Waals surface area contributed by atoms with Gasteiger partial charge in [0.2, 0.25) is 0 Å². The van der Waals surface area contributed by atoms with Gasteiger partial charge in [-0.15, -0.1) is 0 Å². The van der Waals surface area contributed by atoms with Crippen LogP contribution >= 0.6 is 0 Å². The zero-order valence-corrected chi connectivity index (χ0v) is 13.8. The number of hydrogen-bond acceptors (Lipinski definition) is 1. The fraction of sp³-hybridized carbons (Fsp3) is 0.400. The standard InChI is InChI=1S/C20H26FN/c1-4-22(5-2)15-14-16(3)17-6-8-18(9-7-17)19-10-12-20(21)13-11-19/h6-13,16H,4-5,14-15H2,1-3H3. The molecule has 1 nitrogen and oxygen atoms in total. The fourth-order valence-electron chi connectivity index (χ4n) is 2.73. The first-order valence-electron chi connectivity index (χ1n) is 8.22. The smallest absolute Gasteiger partial charge is 0.123 e. The van der Waals surface area contributed by atoms with Crippen molar-refractivity contribution in [3.05, 3.63) is 59.9 Å². The maximum atomic E-state index is 13.0. The first-order valence-corrected chi connectivity index (χ1v) is 8.22. The van der Waals surface area contributed by atoms with E-state index in [-0.39, 0.29) is 5.82 Å². The molecule has 1 atom stereocenters. The predicted octanol–water partition coefficient (Wildman–Crippen LogP) is 5.33. The van der Waals surface area contributed by atoms with Crippen LogP contribution in [0, 0.1) is 5.82 Å². The van der Waals surface area contributed by atoms with Crippen LogP contribution in [0.1, 0.15) is 38.7 Å². The third kappa shape index (κ3) is 4.41. The molecule has 0 saturated carbocycles. The largest absolute Gasteiger partial charge is 0.304 e. The van der Waals surface area contributed by atoms with Gasteiger partial charge in [-0.1, -0.05) is 57.2 Å². The van der Waals surface area contributed by atoms with Crippen molar-refractivity contribution in [1.82, 2.24) is 4.90 Å². The molecule has 2 heteroatoms. The molecule has 1 unspecified atom stereocenters. The van der Waals surface area contributed by atoms with Crippen molar-refractivity contribution in [2.75, 3.05) is 19.6 Å². The van der Waals surface area contributed by atoms with Crippen LogP contribution in [0.3, 0.4) is 0 Å². The Morgan fingerprint density at radius 1 is 0.864 bits per heavy atom. The van der Waals surface area contributed by atoms with Gasteiger partial charge >= 0.3 is 0 Å². The van der Waals surface area contributed by atoms with Crippen LogP contribution < -0.4 is 0 Å². The molecule has 0 saturated heterocycles. The molecule has 0 aromatic heterocycles. The highest BCUT2D eigenvalue weighted by molar-refractivity contribution is 5.63. The van der Waals surface area contributed by atoms with Crippen LogP contribution in [0.15, 0.2) is 48.5 Å². The summed E-state index contributed by atoms with van der Waals surface area (Å²) >= 11 is 0. The molecule has 0 bridgehead atoms. The summed E-state index contributed by atoms with van der Waals surface area (Å²) in [5.41, 5.74) is 3.57. The highest BCUT2D eigenvalue weighted by atomic mass is 19.1. The lowest BCUT2D eigenvalue weighted by Gasteiger charge is -2.20. The normalized spacial score (nSPS) is 12.6. The van der Waals surface area contributed by atoms with Crippen LogP contribution in [-0.2, 0) is 0 Å². The van der Waals surface area contributed by atoms with Gasteiger partial charge in [0.05, 0.1) is 0 Å². The maximum Gasteiger partial charge on any atom is 0.123 e. The van der Waals surface area contributed by atoms with E-state index in [4.69, 9.17) is 0 Å². The highest BCUT2D eigenvalue weighted by Crippen LogP contribution is 2.24. The molecule has 22 heavy (non-hydrogen) atoms. The van der Waals surface area contributed by atoms with Crippen molar-refractivity contribution in [1.29, 1.82) is 0 Å². The molecule has 118 valence electrons. The molecule has 0 aliphatic heterocycles. The topological polar surface area (TPSA) is 3.24 Å². The first kappa shape index (κ1) is 16.7. The summed E-state index contributed by atoms with van der Waals surface area (Å²) in [6.45, 7) is 10.1. The summed E-state index contributed by atoms with van der Waals surface area (Å²) in [7, 11) is 0. The Hall–Kier alpha value is -1.67. The van der Waals surface area contributed by atoms with E-state index in [1.54, 1.807) is 0 Å². The van der Waals surface area contributed by atoms with Crippen molar-refractivity contribution < 1.29 is 4.39 Å². The summed E-state index contributed by atoms with van der Waals surface area (Å²) < 4.78 is 13.0. The molecule has 0 amide bonds. The summed E-state index contributed by atoms with van der Waals surface area (Å²) in [5, 5.41) is 0. The van der Waals surface area contributed by atoms with Crippen molar-refractivity contribution in [2.24, 2.45) is 0 Å². The second-order valence-electron chi connectivity index (χ2n) is 5.85. The molecule has 2 aromatic carbocycles. The average molecular weight is 299 g/mol. The Balaban J connectivity index is 2.00. The summed E-state index contributed by atoms with van der Waals surface area (Å²) in [6, 6.07) is 15.3. The first-order chi connectivity index (χ1) is 10.6. The quantitative estimate of drug-likeness (QED) is 0.668. The Bertz CT molecular complexity index is 555. The van der Waals surface area contributed by atoms with E-state index < -0.39 is 0 Å². The molecule has 0 spiro atoms. The molecule has 0 aliphatic carbocycles. The van der Waals surface area contributed by atoms with Crippen LogP contribution in [0.4, 0.5) is 4.39 Å². The summed E-state index contributed by atoms with van der Waals surface area (Å²) in [5.74, 6) is 0.369. The predicted molar refractivity (Wildman–Crippen MR) is 92.7 cm³/mol. The minimum absolute atomic E-state index is 0.189. The van der Waals surface area contributed by atoms with Crippen LogP contribution in [0.25, 0.3) is 11.1 Å². The van der Waals surface area contributed by atoms with E-state index in [9.17, 15) is 4.39 Å². The lowest BCUT2D eigenvalue weighted by atomic mass is 9.95. The van der Waals surface area contributed by atoms with Gasteiger partial charge < -0.3 is 4.90 Å². The number of benzene rings is 2. The van der Waals surface area contributed by atoms with Gasteiger partial charge in [0.1, 0.15) is 5.82 Å². The molecule has 0 aliphatic rings. The second-order valence-corrected chi connectivity index (χ2v) is 5.85. The SMILES string of the molecule is CCN(CC)CCC(C)c1ccc(-c2ccc(F)cc2)cc1. The van der Waals surface area contributed by atoms with E-state index in [0.717, 1.165) is 30.8 Å². The molecule has 2 aromatic rings. The zero-order valence-electron chi connectivity index (χ0n) is 13.8. The van der Waals surface area contributed by atoms with Crippen molar-refractivity contribution in [3.8, 4) is 11.1 Å². The lowest BCUT2D eigenvalue weighted by Crippen LogP contribution is -2.24. The highest BCUT2D eigenvalue weighted by Gasteiger charge is 2.08. The Labute approximate surface area is 133 Å². The molecule has 0 N–H and O–H groups in total. The van der Waals surface area contributed by atoms with Gasteiger partial charge in [0, 0.05) is 0 Å². The number of hydrogen-bond donors (Lipinski definition) is 0. The Kier molecular flexibility index (Phi) is 6.14. The number of nitrogens with zero attached hydrogens (tertiary/aromatic N) is 1. The van der Waals surface area contributed by atoms with E-state index in [0.29, 0.717) is 5.92 Å². The monoisotopic (exact) mass is 299 g/mol. The van der Waals surface area contributed by atoms with Gasteiger partial charge in [-0.3, -0.25) is 0 Å². The van der Waals surface area contributed by atoms with E-state index >= 15 is 0 Å². The third-order valence-corrected chi connectivity index (χ3v) is 4.43. The zero-order chi connectivity index (χ0) is 15.9. The molecule has 0 radical (unpaired) electrons. The molecule has 2 rings (SSSR count). The van der Waals surface area contributed by atoms with E-state index in [1.807, 2.05) is 12.1 Å². The maximum absolute atomic E-state index is 13.0. The van der Waals surface area contributed by atoms with Gasteiger partial charge in [0.15, 0.2) is 0 Å². The molecule has 0 heterocycles. The van der Waals surface area contributed by atoms with Gasteiger partial charge in [-0.05, 0) is 60.8 Å². The fourth-order valence-corrected chi connectivity index (χ4v) is 2.73. The van der Waals surface area contributed by atoms with Gasteiger partial charge in [-0.25, -0.2) is 4.39 Å². The van der Waals surface area contributed by atoms with Crippen molar-refractivity contribution >= 4 is 0 Å². The molecular formula is C20H26FN. The molecule has 0 fully saturated rings. The minimum atomic E-state index is -0.189. The summed E-state index contributed by atoms with van der Waals surface area (Å²) in [4.78, 5) is 2.46.